The molecule has 0 unspecified atom stereocenters. The molecule has 0 radical (unpaired) electrons. The molecular weight excluding hydrogens is 344 g/mol. The van der Waals surface area contributed by atoms with Gasteiger partial charge in [-0.05, 0) is 43.9 Å². The lowest BCUT2D eigenvalue weighted by Crippen LogP contribution is -2.38. The molecular formula is C19H22N6O2. The molecule has 8 heteroatoms. The molecule has 3 heterocycles. The summed E-state index contributed by atoms with van der Waals surface area (Å²) in [6, 6.07) is 5.89. The van der Waals surface area contributed by atoms with E-state index in [-0.39, 0.29) is 17.5 Å². The highest BCUT2D eigenvalue weighted by Crippen LogP contribution is 2.37. The van der Waals surface area contributed by atoms with Crippen molar-refractivity contribution in [3.8, 4) is 0 Å². The van der Waals surface area contributed by atoms with Crippen molar-refractivity contribution >= 4 is 16.9 Å². The Labute approximate surface area is 155 Å². The number of aromatic amines is 1. The molecule has 1 saturated heterocycles. The van der Waals surface area contributed by atoms with Gasteiger partial charge in [-0.3, -0.25) is 9.36 Å². The van der Waals surface area contributed by atoms with Crippen molar-refractivity contribution in [3.05, 3.63) is 46.4 Å². The first kappa shape index (κ1) is 16.3. The fourth-order valence-corrected chi connectivity index (χ4v) is 4.04. The highest BCUT2D eigenvalue weighted by molar-refractivity contribution is 5.97. The van der Waals surface area contributed by atoms with Gasteiger partial charge in [0.15, 0.2) is 0 Å². The molecule has 1 N–H and O–H groups in total. The SMILES string of the molecule is Cn1nc(C2CCN(C(=O)c3ccc4nc[nH]c4c3)CC2)n(C2CC2)c1=O. The number of H-pyrrole nitrogens is 1. The minimum atomic E-state index is -0.0149. The summed E-state index contributed by atoms with van der Waals surface area (Å²) in [5, 5.41) is 4.50. The molecule has 0 spiro atoms. The molecule has 27 heavy (non-hydrogen) atoms. The maximum absolute atomic E-state index is 12.9. The quantitative estimate of drug-likeness (QED) is 0.766. The third-order valence-corrected chi connectivity index (χ3v) is 5.71. The Hall–Kier alpha value is -2.90. The molecule has 2 aromatic heterocycles. The van der Waals surface area contributed by atoms with Gasteiger partial charge in [0, 0.05) is 37.7 Å². The van der Waals surface area contributed by atoms with Crippen LogP contribution in [0.15, 0.2) is 29.3 Å². The number of hydrogen-bond donors (Lipinski definition) is 1. The van der Waals surface area contributed by atoms with E-state index in [9.17, 15) is 9.59 Å². The van der Waals surface area contributed by atoms with Crippen molar-refractivity contribution in [2.45, 2.75) is 37.6 Å². The van der Waals surface area contributed by atoms with Crippen LogP contribution in [0.1, 0.15) is 53.8 Å². The van der Waals surface area contributed by atoms with Gasteiger partial charge in [0.2, 0.25) is 0 Å². The van der Waals surface area contributed by atoms with Crippen LogP contribution in [-0.2, 0) is 7.05 Å². The zero-order chi connectivity index (χ0) is 18.5. The first-order valence-electron chi connectivity index (χ1n) is 9.49. The molecule has 5 rings (SSSR count). The number of aromatic nitrogens is 5. The summed E-state index contributed by atoms with van der Waals surface area (Å²) in [6.07, 6.45) is 5.43. The summed E-state index contributed by atoms with van der Waals surface area (Å²) >= 11 is 0. The van der Waals surface area contributed by atoms with Gasteiger partial charge >= 0.3 is 5.69 Å². The Kier molecular flexibility index (Phi) is 3.66. The van der Waals surface area contributed by atoms with E-state index in [1.54, 1.807) is 13.4 Å². The summed E-state index contributed by atoms with van der Waals surface area (Å²) in [7, 11) is 1.72. The second-order valence-electron chi connectivity index (χ2n) is 7.57. The molecule has 2 aliphatic rings. The third kappa shape index (κ3) is 2.75. The lowest BCUT2D eigenvalue weighted by atomic mass is 9.95. The van der Waals surface area contributed by atoms with Crippen molar-refractivity contribution in [2.75, 3.05) is 13.1 Å². The number of nitrogens with one attached hydrogen (secondary N) is 1. The van der Waals surface area contributed by atoms with Gasteiger partial charge in [-0.25, -0.2) is 14.5 Å². The van der Waals surface area contributed by atoms with Crippen molar-refractivity contribution in [1.82, 2.24) is 29.2 Å². The van der Waals surface area contributed by atoms with E-state index in [1.165, 1.54) is 4.68 Å². The van der Waals surface area contributed by atoms with Crippen LogP contribution in [0.2, 0.25) is 0 Å². The first-order chi connectivity index (χ1) is 13.1. The number of piperidine rings is 1. The number of fused-ring (bicyclic) bond motifs is 1. The lowest BCUT2D eigenvalue weighted by Gasteiger charge is -2.31. The van der Waals surface area contributed by atoms with Crippen LogP contribution in [0.4, 0.5) is 0 Å². The maximum Gasteiger partial charge on any atom is 0.345 e. The maximum atomic E-state index is 12.9. The fourth-order valence-electron chi connectivity index (χ4n) is 4.04. The van der Waals surface area contributed by atoms with Crippen LogP contribution in [0.25, 0.3) is 11.0 Å². The zero-order valence-corrected chi connectivity index (χ0v) is 15.3. The minimum absolute atomic E-state index is 0.0149. The van der Waals surface area contributed by atoms with Gasteiger partial charge < -0.3 is 9.88 Å². The van der Waals surface area contributed by atoms with E-state index in [0.717, 1.165) is 42.5 Å². The summed E-state index contributed by atoms with van der Waals surface area (Å²) < 4.78 is 3.33. The second kappa shape index (κ2) is 6.07. The average Bonchev–Trinajstić information content (AvgIpc) is 3.33. The van der Waals surface area contributed by atoms with E-state index in [1.807, 2.05) is 27.7 Å². The van der Waals surface area contributed by atoms with Crippen molar-refractivity contribution in [1.29, 1.82) is 0 Å². The number of benzene rings is 1. The molecule has 1 aliphatic carbocycles. The van der Waals surface area contributed by atoms with Crippen LogP contribution in [0.5, 0.6) is 0 Å². The monoisotopic (exact) mass is 366 g/mol. The number of carbonyl (C=O) groups is 1. The summed E-state index contributed by atoms with van der Waals surface area (Å²) in [4.78, 5) is 34.4. The third-order valence-electron chi connectivity index (χ3n) is 5.71. The summed E-state index contributed by atoms with van der Waals surface area (Å²) in [5.74, 6) is 1.18. The van der Waals surface area contributed by atoms with Gasteiger partial charge in [0.05, 0.1) is 17.4 Å². The normalized spacial score (nSPS) is 18.3. The number of rotatable bonds is 3. The van der Waals surface area contributed by atoms with E-state index in [0.29, 0.717) is 24.7 Å². The van der Waals surface area contributed by atoms with E-state index < -0.39 is 0 Å². The molecule has 1 aliphatic heterocycles. The van der Waals surface area contributed by atoms with E-state index >= 15 is 0 Å². The number of amides is 1. The summed E-state index contributed by atoms with van der Waals surface area (Å²) in [5.41, 5.74) is 2.40. The zero-order valence-electron chi connectivity index (χ0n) is 15.3. The number of carbonyl (C=O) groups excluding carboxylic acids is 1. The molecule has 1 amide bonds. The van der Waals surface area contributed by atoms with E-state index in [2.05, 4.69) is 15.1 Å². The van der Waals surface area contributed by atoms with Crippen LogP contribution in [-0.4, -0.2) is 48.2 Å². The molecule has 0 bridgehead atoms. The van der Waals surface area contributed by atoms with Crippen LogP contribution in [0.3, 0.4) is 0 Å². The van der Waals surface area contributed by atoms with Gasteiger partial charge in [-0.1, -0.05) is 0 Å². The standard InChI is InChI=1S/C19H22N6O2/c1-23-19(27)25(14-3-4-14)17(22-23)12-6-8-24(9-7-12)18(26)13-2-5-15-16(10-13)21-11-20-15/h2,5,10-12,14H,3-4,6-9H2,1H3,(H,20,21). The predicted molar refractivity (Wildman–Crippen MR) is 99.7 cm³/mol. The molecule has 8 nitrogen and oxygen atoms in total. The second-order valence-corrected chi connectivity index (χ2v) is 7.57. The predicted octanol–water partition coefficient (Wildman–Crippen LogP) is 1.81. The Morgan fingerprint density at radius 1 is 1.19 bits per heavy atom. The Balaban J connectivity index is 1.32. The molecule has 1 saturated carbocycles. The molecule has 0 atom stereocenters. The van der Waals surface area contributed by atoms with E-state index in [4.69, 9.17) is 0 Å². The topological polar surface area (TPSA) is 88.8 Å². The van der Waals surface area contributed by atoms with Gasteiger partial charge in [0.1, 0.15) is 5.82 Å². The highest BCUT2D eigenvalue weighted by atomic mass is 16.2. The first-order valence-corrected chi connectivity index (χ1v) is 9.49. The largest absolute Gasteiger partial charge is 0.345 e. The highest BCUT2D eigenvalue weighted by Gasteiger charge is 2.34. The Bertz CT molecular complexity index is 1070. The van der Waals surface area contributed by atoms with Crippen molar-refractivity contribution < 1.29 is 4.79 Å². The minimum Gasteiger partial charge on any atom is -0.345 e. The van der Waals surface area contributed by atoms with Gasteiger partial charge in [0.25, 0.3) is 5.91 Å². The van der Waals surface area contributed by atoms with Crippen LogP contribution in [0, 0.1) is 0 Å². The van der Waals surface area contributed by atoms with Crippen LogP contribution < -0.4 is 5.69 Å². The molecule has 3 aromatic rings. The average molecular weight is 366 g/mol. The number of hydrogen-bond acceptors (Lipinski definition) is 4. The fraction of sp³-hybridized carbons (Fsp3) is 0.474. The number of aryl methyl sites for hydroxylation is 1. The lowest BCUT2D eigenvalue weighted by molar-refractivity contribution is 0.0710. The molecule has 140 valence electrons. The van der Waals surface area contributed by atoms with Gasteiger partial charge in [-0.15, -0.1) is 0 Å². The number of nitrogens with zero attached hydrogens (tertiary/aromatic N) is 5. The summed E-state index contributed by atoms with van der Waals surface area (Å²) in [6.45, 7) is 1.36. The van der Waals surface area contributed by atoms with Crippen LogP contribution >= 0.6 is 0 Å². The van der Waals surface area contributed by atoms with Crippen molar-refractivity contribution in [2.24, 2.45) is 7.05 Å². The number of likely N-dealkylation sites (tertiary alicyclic amines) is 1. The number of imidazole rings is 1. The van der Waals surface area contributed by atoms with Crippen molar-refractivity contribution in [3.63, 3.8) is 0 Å². The molecule has 1 aromatic carbocycles. The molecule has 2 fully saturated rings. The smallest absolute Gasteiger partial charge is 0.345 e. The van der Waals surface area contributed by atoms with Gasteiger partial charge in [-0.2, -0.15) is 5.10 Å². The Morgan fingerprint density at radius 3 is 2.70 bits per heavy atom. The Morgan fingerprint density at radius 2 is 1.96 bits per heavy atom.